The fourth-order valence-electron chi connectivity index (χ4n) is 5.08. The molecule has 1 aromatic rings. The predicted octanol–water partition coefficient (Wildman–Crippen LogP) is 4.19. The second-order valence-corrected chi connectivity index (χ2v) is 8.56. The van der Waals surface area contributed by atoms with Crippen molar-refractivity contribution < 1.29 is 32.2 Å². The van der Waals surface area contributed by atoms with Crippen LogP contribution in [0.2, 0.25) is 0 Å². The summed E-state index contributed by atoms with van der Waals surface area (Å²) in [4.78, 5) is 26.3. The van der Waals surface area contributed by atoms with E-state index in [1.807, 2.05) is 13.8 Å². The summed E-state index contributed by atoms with van der Waals surface area (Å²) in [5.74, 6) is -1.08. The lowest BCUT2D eigenvalue weighted by molar-refractivity contribution is -0.149. The number of imide groups is 1. The molecule has 2 unspecified atom stereocenters. The van der Waals surface area contributed by atoms with E-state index >= 15 is 0 Å². The lowest BCUT2D eigenvalue weighted by Crippen LogP contribution is -2.62. The van der Waals surface area contributed by atoms with Crippen LogP contribution in [0.1, 0.15) is 45.2 Å². The summed E-state index contributed by atoms with van der Waals surface area (Å²) < 4.78 is 52.1. The van der Waals surface area contributed by atoms with E-state index in [0.717, 1.165) is 12.1 Å². The fraction of sp³-hybridized carbons (Fsp3) is 0.500. The Kier molecular flexibility index (Phi) is 5.22. The zero-order valence-electron chi connectivity index (χ0n) is 17.6. The van der Waals surface area contributed by atoms with Gasteiger partial charge in [-0.25, -0.2) is 0 Å². The van der Waals surface area contributed by atoms with Gasteiger partial charge in [-0.2, -0.15) is 18.4 Å². The molecule has 2 saturated heterocycles. The summed E-state index contributed by atoms with van der Waals surface area (Å²) in [5, 5.41) is 9.00. The van der Waals surface area contributed by atoms with Crippen molar-refractivity contribution in [1.82, 2.24) is 0 Å². The smallest absolute Gasteiger partial charge is 0.417 e. The minimum atomic E-state index is -4.83. The molecule has 0 spiro atoms. The number of nitriles is 1. The minimum Gasteiger partial charge on any atom is -0.495 e. The van der Waals surface area contributed by atoms with Gasteiger partial charge in [-0.3, -0.25) is 14.5 Å². The predicted molar refractivity (Wildman–Crippen MR) is 105 cm³/mol. The summed E-state index contributed by atoms with van der Waals surface area (Å²) in [6.07, 6.45) is -3.42. The van der Waals surface area contributed by atoms with E-state index in [9.17, 15) is 22.8 Å². The molecule has 5 atom stereocenters. The molecule has 0 aliphatic carbocycles. The van der Waals surface area contributed by atoms with Gasteiger partial charge < -0.3 is 9.47 Å². The number of anilines is 1. The summed E-state index contributed by atoms with van der Waals surface area (Å²) in [6.45, 7) is 10.6. The topological polar surface area (TPSA) is 79.6 Å². The van der Waals surface area contributed by atoms with Crippen molar-refractivity contribution in [1.29, 1.82) is 5.26 Å². The van der Waals surface area contributed by atoms with Gasteiger partial charge in [0.05, 0.1) is 40.2 Å². The maximum atomic E-state index is 13.7. The Morgan fingerprint density at radius 1 is 1.39 bits per heavy atom. The van der Waals surface area contributed by atoms with Gasteiger partial charge in [-0.05, 0) is 39.0 Å². The lowest BCUT2D eigenvalue weighted by atomic mass is 9.57. The van der Waals surface area contributed by atoms with Crippen LogP contribution in [-0.2, 0) is 25.2 Å². The number of benzene rings is 1. The van der Waals surface area contributed by atoms with E-state index in [-0.39, 0.29) is 18.0 Å². The van der Waals surface area contributed by atoms with E-state index in [2.05, 4.69) is 6.58 Å². The first-order valence-corrected chi connectivity index (χ1v) is 9.67. The molecular formula is C22H23F3N2O4. The number of nitrogens with zero attached hydrogens (tertiary/aromatic N) is 2. The summed E-state index contributed by atoms with van der Waals surface area (Å²) >= 11 is 0. The third-order valence-electron chi connectivity index (χ3n) is 7.20. The van der Waals surface area contributed by atoms with Crippen LogP contribution in [0, 0.1) is 22.7 Å². The minimum absolute atomic E-state index is 0.183. The van der Waals surface area contributed by atoms with E-state index in [4.69, 9.17) is 14.7 Å². The average Bonchev–Trinajstić information content (AvgIpc) is 3.06. The van der Waals surface area contributed by atoms with Crippen molar-refractivity contribution in [3.05, 3.63) is 42.2 Å². The molecule has 0 radical (unpaired) electrons. The monoisotopic (exact) mass is 436 g/mol. The molecule has 3 rings (SSSR count). The highest BCUT2D eigenvalue weighted by molar-refractivity contribution is 6.10. The fourth-order valence-corrected chi connectivity index (χ4v) is 5.08. The lowest BCUT2D eigenvalue weighted by Gasteiger charge is -2.47. The molecule has 0 saturated carbocycles. The van der Waals surface area contributed by atoms with E-state index < -0.39 is 45.9 Å². The first-order valence-electron chi connectivity index (χ1n) is 9.67. The second kappa shape index (κ2) is 7.09. The van der Waals surface area contributed by atoms with Crippen molar-refractivity contribution in [2.75, 3.05) is 4.90 Å². The van der Waals surface area contributed by atoms with Gasteiger partial charge in [-0.1, -0.05) is 13.5 Å². The summed E-state index contributed by atoms with van der Waals surface area (Å²) in [7, 11) is 0. The first-order chi connectivity index (χ1) is 14.3. The molecule has 2 aliphatic heterocycles. The van der Waals surface area contributed by atoms with E-state index in [1.165, 1.54) is 12.3 Å². The number of amides is 2. The number of carbonyl (C=O) groups excluding carboxylic acids is 2. The number of hydrogen-bond acceptors (Lipinski definition) is 5. The molecule has 2 bridgehead atoms. The van der Waals surface area contributed by atoms with Crippen LogP contribution in [0.25, 0.3) is 0 Å². The number of rotatable bonds is 5. The van der Waals surface area contributed by atoms with Crippen LogP contribution >= 0.6 is 0 Å². The molecule has 31 heavy (non-hydrogen) atoms. The van der Waals surface area contributed by atoms with Gasteiger partial charge >= 0.3 is 6.18 Å². The van der Waals surface area contributed by atoms with Crippen molar-refractivity contribution >= 4 is 18.0 Å². The number of halogens is 3. The third kappa shape index (κ3) is 3.04. The Labute approximate surface area is 178 Å². The number of carbonyl (C=O) groups is 2. The quantitative estimate of drug-likeness (QED) is 0.511. The number of ether oxygens (including phenoxy) is 2. The Bertz CT molecular complexity index is 988. The molecule has 0 aromatic heterocycles. The molecule has 2 fully saturated rings. The summed E-state index contributed by atoms with van der Waals surface area (Å²) in [6, 6.07) is 4.20. The maximum absolute atomic E-state index is 13.7. The Morgan fingerprint density at radius 3 is 2.52 bits per heavy atom. The summed E-state index contributed by atoms with van der Waals surface area (Å²) in [5.41, 5.74) is -5.27. The molecular weight excluding hydrogens is 413 g/mol. The van der Waals surface area contributed by atoms with Crippen molar-refractivity contribution in [2.24, 2.45) is 11.3 Å². The largest absolute Gasteiger partial charge is 0.495 e. The zero-order valence-corrected chi connectivity index (χ0v) is 17.6. The zero-order chi connectivity index (χ0) is 23.4. The standard InChI is InChI=1S/C22H23F3N2O4/c1-6-30-17-10-19(3)13(2)20(4,21(17,5)31-19)18(29)27(12-28)15-8-7-14(11-26)16(9-15)22(23,24)25/h6-9,12-13,17H,1,10H2,2-5H3/t13-,17+,19?,20+,21?/m1/s1. The van der Waals surface area contributed by atoms with Gasteiger partial charge in [0.2, 0.25) is 12.3 Å². The normalized spacial score (nSPS) is 34.1. The van der Waals surface area contributed by atoms with Crippen molar-refractivity contribution in [3.8, 4) is 6.07 Å². The molecule has 2 amide bonds. The number of hydrogen-bond donors (Lipinski definition) is 0. The Balaban J connectivity index is 2.10. The molecule has 6 nitrogen and oxygen atoms in total. The Morgan fingerprint density at radius 2 is 2.03 bits per heavy atom. The van der Waals surface area contributed by atoms with Crippen LogP contribution in [0.3, 0.4) is 0 Å². The van der Waals surface area contributed by atoms with Gasteiger partial charge in [0, 0.05) is 12.3 Å². The van der Waals surface area contributed by atoms with E-state index in [0.29, 0.717) is 17.4 Å². The maximum Gasteiger partial charge on any atom is 0.417 e. The Hall–Kier alpha value is -2.86. The van der Waals surface area contributed by atoms with Crippen LogP contribution in [0.5, 0.6) is 0 Å². The molecule has 9 heteroatoms. The molecule has 2 heterocycles. The van der Waals surface area contributed by atoms with Crippen LogP contribution in [0.4, 0.5) is 18.9 Å². The molecule has 1 aromatic carbocycles. The SMILES string of the molecule is C=CO[C@H]1CC2(C)OC1(C)[C@](C)(C(=O)N(C=O)c1ccc(C#N)c(C(F)(F)F)c1)[C@@H]2C. The number of fused-ring (bicyclic) bond motifs is 2. The van der Waals surface area contributed by atoms with Crippen LogP contribution in [0.15, 0.2) is 31.0 Å². The second-order valence-electron chi connectivity index (χ2n) is 8.56. The van der Waals surface area contributed by atoms with E-state index in [1.54, 1.807) is 13.8 Å². The highest BCUT2D eigenvalue weighted by Gasteiger charge is 2.76. The van der Waals surface area contributed by atoms with Crippen molar-refractivity contribution in [2.45, 2.75) is 57.6 Å². The van der Waals surface area contributed by atoms with Crippen molar-refractivity contribution in [3.63, 3.8) is 0 Å². The third-order valence-corrected chi connectivity index (χ3v) is 7.20. The molecule has 0 N–H and O–H groups in total. The highest BCUT2D eigenvalue weighted by atomic mass is 19.4. The molecule has 2 aliphatic rings. The molecule has 166 valence electrons. The van der Waals surface area contributed by atoms with Gasteiger partial charge in [0.15, 0.2) is 0 Å². The average molecular weight is 436 g/mol. The highest BCUT2D eigenvalue weighted by Crippen LogP contribution is 2.65. The van der Waals surface area contributed by atoms with Gasteiger partial charge in [0.1, 0.15) is 11.7 Å². The number of alkyl halides is 3. The van der Waals surface area contributed by atoms with Crippen LogP contribution < -0.4 is 4.90 Å². The van der Waals surface area contributed by atoms with Gasteiger partial charge in [0.25, 0.3) is 0 Å². The van der Waals surface area contributed by atoms with Gasteiger partial charge in [-0.15, -0.1) is 0 Å². The first kappa shape index (κ1) is 22.8. The van der Waals surface area contributed by atoms with Crippen LogP contribution in [-0.4, -0.2) is 29.6 Å².